The number of imide groups is 1. The molecule has 0 spiro atoms. The lowest BCUT2D eigenvalue weighted by molar-refractivity contribution is -0.137. The maximum atomic E-state index is 13.4. The molecule has 0 saturated carbocycles. The molecule has 0 fully saturated rings. The van der Waals surface area contributed by atoms with Crippen molar-refractivity contribution in [3.8, 4) is 5.75 Å². The Hall–Kier alpha value is -3.28. The van der Waals surface area contributed by atoms with Crippen molar-refractivity contribution < 1.29 is 14.3 Å². The predicted molar refractivity (Wildman–Crippen MR) is 127 cm³/mol. The maximum Gasteiger partial charge on any atom is 0.278 e. The second-order valence-corrected chi connectivity index (χ2v) is 7.99. The first-order valence-electron chi connectivity index (χ1n) is 10.1. The van der Waals surface area contributed by atoms with E-state index in [1.807, 2.05) is 49.4 Å². The van der Waals surface area contributed by atoms with Crippen molar-refractivity contribution in [2.45, 2.75) is 13.5 Å². The number of hydrogen-bond acceptors (Lipinski definition) is 4. The smallest absolute Gasteiger partial charge is 0.278 e. The Labute approximate surface area is 196 Å². The summed E-state index contributed by atoms with van der Waals surface area (Å²) in [5, 5.41) is 3.85. The van der Waals surface area contributed by atoms with Crippen molar-refractivity contribution in [3.63, 3.8) is 0 Å². The zero-order chi connectivity index (χ0) is 22.7. The summed E-state index contributed by atoms with van der Waals surface area (Å²) in [6, 6.07) is 21.4. The summed E-state index contributed by atoms with van der Waals surface area (Å²) in [5.74, 6) is -0.199. The van der Waals surface area contributed by atoms with Crippen LogP contribution in [0.5, 0.6) is 5.75 Å². The first-order chi connectivity index (χ1) is 15.5. The number of nitrogens with zero attached hydrogens (tertiary/aromatic N) is 1. The fourth-order valence-electron chi connectivity index (χ4n) is 3.52. The van der Waals surface area contributed by atoms with Crippen molar-refractivity contribution >= 4 is 46.3 Å². The van der Waals surface area contributed by atoms with Crippen molar-refractivity contribution in [2.75, 3.05) is 11.9 Å². The lowest BCUT2D eigenvalue weighted by Crippen LogP contribution is -2.32. The average molecular weight is 467 g/mol. The summed E-state index contributed by atoms with van der Waals surface area (Å²) in [5.41, 5.74) is 2.26. The van der Waals surface area contributed by atoms with Gasteiger partial charge in [0.25, 0.3) is 11.8 Å². The van der Waals surface area contributed by atoms with Crippen molar-refractivity contribution in [1.82, 2.24) is 4.90 Å². The third-order valence-electron chi connectivity index (χ3n) is 4.97. The minimum atomic E-state index is -0.429. The molecule has 2 amide bonds. The van der Waals surface area contributed by atoms with Gasteiger partial charge in [0.2, 0.25) is 0 Å². The lowest BCUT2D eigenvalue weighted by atomic mass is 10.0. The number of anilines is 1. The quantitative estimate of drug-likeness (QED) is 0.448. The molecule has 162 valence electrons. The second kappa shape index (κ2) is 9.47. The topological polar surface area (TPSA) is 58.6 Å². The molecule has 0 aliphatic carbocycles. The van der Waals surface area contributed by atoms with E-state index >= 15 is 0 Å². The molecule has 4 rings (SSSR count). The van der Waals surface area contributed by atoms with Crippen LogP contribution in [0.3, 0.4) is 0 Å². The SMILES string of the molecule is CCOc1cccc(NC2=C(c3ccc(Cl)cc3Cl)C(=O)N(Cc3ccccc3)C2=O)c1. The molecule has 7 heteroatoms. The minimum absolute atomic E-state index is 0.150. The number of halogens is 2. The number of rotatable bonds is 7. The van der Waals surface area contributed by atoms with Gasteiger partial charge >= 0.3 is 0 Å². The Morgan fingerprint density at radius 2 is 1.69 bits per heavy atom. The van der Waals surface area contributed by atoms with Gasteiger partial charge in [0.05, 0.1) is 23.7 Å². The molecule has 1 N–H and O–H groups in total. The molecule has 5 nitrogen and oxygen atoms in total. The summed E-state index contributed by atoms with van der Waals surface area (Å²) < 4.78 is 5.55. The summed E-state index contributed by atoms with van der Waals surface area (Å²) in [6.07, 6.45) is 0. The molecule has 1 aliphatic heterocycles. The Kier molecular flexibility index (Phi) is 6.49. The number of benzene rings is 3. The van der Waals surface area contributed by atoms with Crippen LogP contribution in [0.15, 0.2) is 78.5 Å². The van der Waals surface area contributed by atoms with Crippen LogP contribution >= 0.6 is 23.2 Å². The van der Waals surface area contributed by atoms with E-state index in [0.29, 0.717) is 28.6 Å². The zero-order valence-corrected chi connectivity index (χ0v) is 18.8. The van der Waals surface area contributed by atoms with Gasteiger partial charge in [0.1, 0.15) is 11.4 Å². The van der Waals surface area contributed by atoms with Gasteiger partial charge in [-0.15, -0.1) is 0 Å². The van der Waals surface area contributed by atoms with E-state index in [0.717, 1.165) is 5.56 Å². The highest BCUT2D eigenvalue weighted by atomic mass is 35.5. The normalized spacial score (nSPS) is 13.7. The summed E-state index contributed by atoms with van der Waals surface area (Å²) in [4.78, 5) is 28.0. The number of hydrogen-bond donors (Lipinski definition) is 1. The number of carbonyl (C=O) groups excluding carboxylic acids is 2. The van der Waals surface area contributed by atoms with Gasteiger partial charge < -0.3 is 10.1 Å². The third-order valence-corrected chi connectivity index (χ3v) is 5.51. The number of nitrogens with one attached hydrogen (secondary N) is 1. The molecule has 0 bridgehead atoms. The summed E-state index contributed by atoms with van der Waals surface area (Å²) >= 11 is 12.5. The lowest BCUT2D eigenvalue weighted by Gasteiger charge is -2.15. The first kappa shape index (κ1) is 21.9. The van der Waals surface area contributed by atoms with E-state index in [1.54, 1.807) is 30.3 Å². The molecular formula is C25H20Cl2N2O3. The van der Waals surface area contributed by atoms with Crippen molar-refractivity contribution in [2.24, 2.45) is 0 Å². The first-order valence-corrected chi connectivity index (χ1v) is 10.8. The molecule has 0 atom stereocenters. The van der Waals surface area contributed by atoms with Crippen LogP contribution in [-0.2, 0) is 16.1 Å². The zero-order valence-electron chi connectivity index (χ0n) is 17.3. The Morgan fingerprint density at radius 3 is 2.41 bits per heavy atom. The Balaban J connectivity index is 1.76. The van der Waals surface area contributed by atoms with Crippen LogP contribution in [0.25, 0.3) is 5.57 Å². The van der Waals surface area contributed by atoms with Crippen LogP contribution in [0.1, 0.15) is 18.1 Å². The molecule has 0 aromatic heterocycles. The molecule has 0 saturated heterocycles. The van der Waals surface area contributed by atoms with Crippen LogP contribution < -0.4 is 10.1 Å². The second-order valence-electron chi connectivity index (χ2n) is 7.14. The van der Waals surface area contributed by atoms with Gasteiger partial charge in [-0.3, -0.25) is 14.5 Å². The number of amides is 2. The van der Waals surface area contributed by atoms with E-state index in [-0.39, 0.29) is 22.8 Å². The molecule has 0 unspecified atom stereocenters. The van der Waals surface area contributed by atoms with E-state index < -0.39 is 11.8 Å². The van der Waals surface area contributed by atoms with E-state index in [2.05, 4.69) is 5.32 Å². The van der Waals surface area contributed by atoms with Gasteiger partial charge in [-0.05, 0) is 36.8 Å². The Morgan fingerprint density at radius 1 is 0.906 bits per heavy atom. The molecular weight excluding hydrogens is 447 g/mol. The fraction of sp³-hybridized carbons (Fsp3) is 0.120. The fourth-order valence-corrected chi connectivity index (χ4v) is 4.02. The molecule has 3 aromatic rings. The van der Waals surface area contributed by atoms with Gasteiger partial charge in [0, 0.05) is 22.3 Å². The van der Waals surface area contributed by atoms with Gasteiger partial charge in [-0.25, -0.2) is 0 Å². The maximum absolute atomic E-state index is 13.4. The monoisotopic (exact) mass is 466 g/mol. The number of ether oxygens (including phenoxy) is 1. The van der Waals surface area contributed by atoms with Crippen LogP contribution in [-0.4, -0.2) is 23.3 Å². The van der Waals surface area contributed by atoms with E-state index in [1.165, 1.54) is 4.90 Å². The molecule has 3 aromatic carbocycles. The van der Waals surface area contributed by atoms with Crippen LogP contribution in [0.4, 0.5) is 5.69 Å². The highest BCUT2D eigenvalue weighted by Gasteiger charge is 2.40. The largest absolute Gasteiger partial charge is 0.494 e. The summed E-state index contributed by atoms with van der Waals surface area (Å²) in [7, 11) is 0. The van der Waals surface area contributed by atoms with Crippen molar-refractivity contribution in [1.29, 1.82) is 0 Å². The average Bonchev–Trinajstić information content (AvgIpc) is 2.99. The molecule has 0 radical (unpaired) electrons. The predicted octanol–water partition coefficient (Wildman–Crippen LogP) is 5.78. The third kappa shape index (κ3) is 4.49. The number of carbonyl (C=O) groups is 2. The Bertz CT molecular complexity index is 1210. The molecule has 1 heterocycles. The molecule has 32 heavy (non-hydrogen) atoms. The highest BCUT2D eigenvalue weighted by Crippen LogP contribution is 2.36. The summed E-state index contributed by atoms with van der Waals surface area (Å²) in [6.45, 7) is 2.56. The van der Waals surface area contributed by atoms with E-state index in [9.17, 15) is 9.59 Å². The van der Waals surface area contributed by atoms with Gasteiger partial charge in [-0.2, -0.15) is 0 Å². The standard InChI is InChI=1S/C25H20Cl2N2O3/c1-2-32-19-10-6-9-18(14-19)28-23-22(20-12-11-17(26)13-21(20)27)24(30)29(25(23)31)15-16-7-4-3-5-8-16/h3-14,28H,2,15H2,1H3. The van der Waals surface area contributed by atoms with Gasteiger partial charge in [-0.1, -0.05) is 65.7 Å². The van der Waals surface area contributed by atoms with Gasteiger partial charge in [0.15, 0.2) is 0 Å². The van der Waals surface area contributed by atoms with Crippen LogP contribution in [0, 0.1) is 0 Å². The minimum Gasteiger partial charge on any atom is -0.494 e. The molecule has 1 aliphatic rings. The van der Waals surface area contributed by atoms with E-state index in [4.69, 9.17) is 27.9 Å². The van der Waals surface area contributed by atoms with Crippen molar-refractivity contribution in [3.05, 3.63) is 99.7 Å². The highest BCUT2D eigenvalue weighted by molar-refractivity contribution is 6.41. The van der Waals surface area contributed by atoms with Crippen LogP contribution in [0.2, 0.25) is 10.0 Å².